The van der Waals surface area contributed by atoms with Gasteiger partial charge in [0.25, 0.3) is 0 Å². The summed E-state index contributed by atoms with van der Waals surface area (Å²) in [5.41, 5.74) is 5.33. The predicted octanol–water partition coefficient (Wildman–Crippen LogP) is 0.724. The van der Waals surface area contributed by atoms with E-state index in [-0.39, 0.29) is 11.2 Å². The van der Waals surface area contributed by atoms with Gasteiger partial charge in [-0.25, -0.2) is 0 Å². The molecule has 2 N–H and O–H groups in total. The number of carbonyl (C=O) groups excluding carboxylic acids is 1. The number of nitrogens with two attached hydrogens (primary N) is 1. The van der Waals surface area contributed by atoms with Crippen LogP contribution in [0.25, 0.3) is 0 Å². The summed E-state index contributed by atoms with van der Waals surface area (Å²) in [6, 6.07) is 0. The lowest BCUT2D eigenvalue weighted by molar-refractivity contribution is -0.133. The van der Waals surface area contributed by atoms with Gasteiger partial charge in [0.1, 0.15) is 5.78 Å². The highest BCUT2D eigenvalue weighted by Gasteiger charge is 2.37. The number of hydrogen-bond acceptors (Lipinski definition) is 3. The zero-order chi connectivity index (χ0) is 10.4. The van der Waals surface area contributed by atoms with E-state index < -0.39 is 0 Å². The van der Waals surface area contributed by atoms with Crippen molar-refractivity contribution in [2.45, 2.75) is 25.7 Å². The minimum Gasteiger partial charge on any atom is -0.381 e. The van der Waals surface area contributed by atoms with Crippen LogP contribution in [0.1, 0.15) is 25.7 Å². The lowest BCUT2D eigenvalue weighted by atomic mass is 9.75. The molecule has 0 amide bonds. The number of ether oxygens (including phenoxy) is 1. The molecule has 1 rings (SSSR count). The Kier molecular flexibility index (Phi) is 4.12. The molecule has 0 aromatic rings. The maximum Gasteiger partial charge on any atom is 0.141 e. The summed E-state index contributed by atoms with van der Waals surface area (Å²) in [5.74, 6) is 2.70. The molecule has 0 unspecified atom stereocenters. The number of hydrogen-bond donors (Lipinski definition) is 1. The minimum atomic E-state index is -0.352. The van der Waals surface area contributed by atoms with Crippen LogP contribution in [0.5, 0.6) is 0 Å². The van der Waals surface area contributed by atoms with Gasteiger partial charge in [-0.15, -0.1) is 12.3 Å². The van der Waals surface area contributed by atoms with Crippen molar-refractivity contribution in [2.75, 3.05) is 19.8 Å². The van der Waals surface area contributed by atoms with E-state index in [1.165, 1.54) is 0 Å². The van der Waals surface area contributed by atoms with Crippen molar-refractivity contribution in [3.05, 3.63) is 0 Å². The first kappa shape index (κ1) is 11.2. The topological polar surface area (TPSA) is 52.3 Å². The van der Waals surface area contributed by atoms with E-state index in [0.29, 0.717) is 32.6 Å². The summed E-state index contributed by atoms with van der Waals surface area (Å²) >= 11 is 0. The van der Waals surface area contributed by atoms with Gasteiger partial charge in [-0.3, -0.25) is 4.79 Å². The average molecular weight is 195 g/mol. The smallest absolute Gasteiger partial charge is 0.141 e. The molecule has 78 valence electrons. The standard InChI is InChI=1S/C11H17NO2/c1-2-3-4-10(13)11(9-12)5-7-14-8-6-11/h1H,3-9,12H2. The van der Waals surface area contributed by atoms with Crippen molar-refractivity contribution in [1.29, 1.82) is 0 Å². The summed E-state index contributed by atoms with van der Waals surface area (Å²) in [7, 11) is 0. The molecule has 0 aromatic heterocycles. The molecular weight excluding hydrogens is 178 g/mol. The normalized spacial score (nSPS) is 20.0. The van der Waals surface area contributed by atoms with Gasteiger partial charge in [-0.05, 0) is 12.8 Å². The number of terminal acetylenes is 1. The third-order valence-electron chi connectivity index (χ3n) is 2.93. The van der Waals surface area contributed by atoms with Crippen molar-refractivity contribution in [1.82, 2.24) is 0 Å². The van der Waals surface area contributed by atoms with Crippen LogP contribution in [0.2, 0.25) is 0 Å². The summed E-state index contributed by atoms with van der Waals surface area (Å²) in [6.45, 7) is 1.69. The summed E-state index contributed by atoms with van der Waals surface area (Å²) in [6.07, 6.45) is 7.59. The van der Waals surface area contributed by atoms with E-state index in [0.717, 1.165) is 12.8 Å². The van der Waals surface area contributed by atoms with Crippen LogP contribution in [0, 0.1) is 17.8 Å². The maximum atomic E-state index is 11.9. The molecule has 0 bridgehead atoms. The molecule has 1 fully saturated rings. The number of carbonyl (C=O) groups is 1. The second-order valence-electron chi connectivity index (χ2n) is 3.72. The lowest BCUT2D eigenvalue weighted by Gasteiger charge is -2.34. The Hall–Kier alpha value is -0.850. The van der Waals surface area contributed by atoms with Crippen LogP contribution in [0.4, 0.5) is 0 Å². The fourth-order valence-corrected chi connectivity index (χ4v) is 1.81. The van der Waals surface area contributed by atoms with Crippen LogP contribution in [-0.2, 0) is 9.53 Å². The monoisotopic (exact) mass is 195 g/mol. The zero-order valence-corrected chi connectivity index (χ0v) is 8.42. The molecule has 14 heavy (non-hydrogen) atoms. The second kappa shape index (κ2) is 5.14. The fourth-order valence-electron chi connectivity index (χ4n) is 1.81. The highest BCUT2D eigenvalue weighted by atomic mass is 16.5. The SMILES string of the molecule is C#CCCC(=O)C1(CN)CCOCC1. The van der Waals surface area contributed by atoms with Gasteiger partial charge in [0.2, 0.25) is 0 Å². The third kappa shape index (κ3) is 2.34. The van der Waals surface area contributed by atoms with Crippen molar-refractivity contribution >= 4 is 5.78 Å². The summed E-state index contributed by atoms with van der Waals surface area (Å²) in [5, 5.41) is 0. The van der Waals surface area contributed by atoms with E-state index >= 15 is 0 Å². The Balaban J connectivity index is 2.58. The molecule has 0 aromatic carbocycles. The Morgan fingerprint density at radius 1 is 1.50 bits per heavy atom. The summed E-state index contributed by atoms with van der Waals surface area (Å²) < 4.78 is 5.23. The molecular formula is C11H17NO2. The van der Waals surface area contributed by atoms with Gasteiger partial charge < -0.3 is 10.5 Å². The molecule has 0 aliphatic carbocycles. The van der Waals surface area contributed by atoms with Crippen molar-refractivity contribution in [2.24, 2.45) is 11.1 Å². The molecule has 1 aliphatic heterocycles. The Labute approximate surface area is 85.0 Å². The van der Waals surface area contributed by atoms with E-state index in [4.69, 9.17) is 16.9 Å². The molecule has 3 heteroatoms. The minimum absolute atomic E-state index is 0.209. The van der Waals surface area contributed by atoms with Crippen molar-refractivity contribution in [3.8, 4) is 12.3 Å². The van der Waals surface area contributed by atoms with Crippen LogP contribution in [0.15, 0.2) is 0 Å². The largest absolute Gasteiger partial charge is 0.381 e. The molecule has 0 spiro atoms. The maximum absolute atomic E-state index is 11.9. The van der Waals surface area contributed by atoms with Crippen molar-refractivity contribution < 1.29 is 9.53 Å². The molecule has 0 saturated carbocycles. The first-order chi connectivity index (χ1) is 6.75. The Bertz CT molecular complexity index is 236. The van der Waals surface area contributed by atoms with E-state index in [9.17, 15) is 4.79 Å². The first-order valence-electron chi connectivity index (χ1n) is 5.00. The van der Waals surface area contributed by atoms with Crippen LogP contribution in [-0.4, -0.2) is 25.5 Å². The van der Waals surface area contributed by atoms with Crippen molar-refractivity contribution in [3.63, 3.8) is 0 Å². The van der Waals surface area contributed by atoms with E-state index in [2.05, 4.69) is 5.92 Å². The highest BCUT2D eigenvalue weighted by molar-refractivity contribution is 5.85. The number of rotatable bonds is 4. The van der Waals surface area contributed by atoms with Crippen LogP contribution < -0.4 is 5.73 Å². The Morgan fingerprint density at radius 3 is 2.64 bits per heavy atom. The van der Waals surface area contributed by atoms with Crippen LogP contribution >= 0.6 is 0 Å². The van der Waals surface area contributed by atoms with Crippen LogP contribution in [0.3, 0.4) is 0 Å². The van der Waals surface area contributed by atoms with E-state index in [1.807, 2.05) is 0 Å². The molecule has 1 aliphatic rings. The van der Waals surface area contributed by atoms with Gasteiger partial charge in [-0.2, -0.15) is 0 Å². The number of ketones is 1. The molecule has 1 saturated heterocycles. The van der Waals surface area contributed by atoms with E-state index in [1.54, 1.807) is 0 Å². The average Bonchev–Trinajstić information content (AvgIpc) is 2.26. The predicted molar refractivity (Wildman–Crippen MR) is 54.6 cm³/mol. The van der Waals surface area contributed by atoms with Gasteiger partial charge >= 0.3 is 0 Å². The van der Waals surface area contributed by atoms with Gasteiger partial charge in [0, 0.05) is 38.0 Å². The quantitative estimate of drug-likeness (QED) is 0.673. The molecule has 0 atom stereocenters. The first-order valence-corrected chi connectivity index (χ1v) is 5.00. The number of Topliss-reactive ketones (excluding diaryl/α,β-unsaturated/α-hetero) is 1. The van der Waals surface area contributed by atoms with Gasteiger partial charge in [0.15, 0.2) is 0 Å². The second-order valence-corrected chi connectivity index (χ2v) is 3.72. The highest BCUT2D eigenvalue weighted by Crippen LogP contribution is 2.31. The lowest BCUT2D eigenvalue weighted by Crippen LogP contribution is -2.43. The van der Waals surface area contributed by atoms with Gasteiger partial charge in [-0.1, -0.05) is 0 Å². The third-order valence-corrected chi connectivity index (χ3v) is 2.93. The fraction of sp³-hybridized carbons (Fsp3) is 0.727. The zero-order valence-electron chi connectivity index (χ0n) is 8.42. The molecule has 0 radical (unpaired) electrons. The Morgan fingerprint density at radius 2 is 2.14 bits per heavy atom. The summed E-state index contributed by atoms with van der Waals surface area (Å²) in [4.78, 5) is 11.9. The molecule has 1 heterocycles. The van der Waals surface area contributed by atoms with Gasteiger partial charge in [0.05, 0.1) is 0 Å². The molecule has 3 nitrogen and oxygen atoms in total.